The predicted molar refractivity (Wildman–Crippen MR) is 82.0 cm³/mol. The number of morpholine rings is 1. The standard InChI is InChI=1S/C17H23FN2O2/c18-15-3-1-13(2-4-15)11-14-5-8-20(9-6-14)17(21)16-12-19-7-10-22-16/h1-4,14,16,19H,5-12H2. The summed E-state index contributed by atoms with van der Waals surface area (Å²) in [6.07, 6.45) is 2.65. The van der Waals surface area contributed by atoms with E-state index in [1.165, 1.54) is 17.7 Å². The molecule has 1 aromatic carbocycles. The summed E-state index contributed by atoms with van der Waals surface area (Å²) in [5.74, 6) is 0.498. The van der Waals surface area contributed by atoms with Crippen LogP contribution in [0, 0.1) is 11.7 Å². The number of halogens is 1. The summed E-state index contributed by atoms with van der Waals surface area (Å²) in [6.45, 7) is 3.64. The average Bonchev–Trinajstić information content (AvgIpc) is 2.58. The Kier molecular flexibility index (Phi) is 5.05. The van der Waals surface area contributed by atoms with Gasteiger partial charge in [0.15, 0.2) is 0 Å². The summed E-state index contributed by atoms with van der Waals surface area (Å²) in [7, 11) is 0. The zero-order chi connectivity index (χ0) is 15.4. The summed E-state index contributed by atoms with van der Waals surface area (Å²) in [5, 5.41) is 3.20. The van der Waals surface area contributed by atoms with E-state index in [1.54, 1.807) is 0 Å². The number of nitrogens with zero attached hydrogens (tertiary/aromatic N) is 1. The first kappa shape index (κ1) is 15.4. The highest BCUT2D eigenvalue weighted by Crippen LogP contribution is 2.22. The maximum absolute atomic E-state index is 12.9. The number of benzene rings is 1. The van der Waals surface area contributed by atoms with Gasteiger partial charge in [-0.3, -0.25) is 4.79 Å². The first-order valence-corrected chi connectivity index (χ1v) is 8.08. The Labute approximate surface area is 130 Å². The third-order valence-electron chi connectivity index (χ3n) is 4.57. The molecule has 22 heavy (non-hydrogen) atoms. The lowest BCUT2D eigenvalue weighted by Gasteiger charge is -2.35. The molecule has 0 spiro atoms. The Morgan fingerprint density at radius 2 is 2.00 bits per heavy atom. The Balaban J connectivity index is 1.47. The molecular weight excluding hydrogens is 283 g/mol. The molecule has 4 nitrogen and oxygen atoms in total. The van der Waals surface area contributed by atoms with Gasteiger partial charge in [-0.15, -0.1) is 0 Å². The van der Waals surface area contributed by atoms with Crippen LogP contribution in [0.3, 0.4) is 0 Å². The van der Waals surface area contributed by atoms with Crippen molar-refractivity contribution in [1.82, 2.24) is 10.2 Å². The number of carbonyl (C=O) groups excluding carboxylic acids is 1. The lowest BCUT2D eigenvalue weighted by atomic mass is 9.90. The largest absolute Gasteiger partial charge is 0.366 e. The summed E-state index contributed by atoms with van der Waals surface area (Å²) < 4.78 is 18.5. The van der Waals surface area contributed by atoms with Crippen molar-refractivity contribution >= 4 is 5.91 Å². The average molecular weight is 306 g/mol. The molecule has 2 heterocycles. The highest BCUT2D eigenvalue weighted by atomic mass is 19.1. The van der Waals surface area contributed by atoms with E-state index < -0.39 is 0 Å². The molecule has 2 aliphatic rings. The lowest BCUT2D eigenvalue weighted by Crippen LogP contribution is -2.51. The zero-order valence-electron chi connectivity index (χ0n) is 12.8. The van der Waals surface area contributed by atoms with Gasteiger partial charge in [-0.2, -0.15) is 0 Å². The van der Waals surface area contributed by atoms with Crippen molar-refractivity contribution in [2.75, 3.05) is 32.8 Å². The molecular formula is C17H23FN2O2. The highest BCUT2D eigenvalue weighted by molar-refractivity contribution is 5.81. The quantitative estimate of drug-likeness (QED) is 0.922. The van der Waals surface area contributed by atoms with Crippen LogP contribution >= 0.6 is 0 Å². The molecule has 1 aromatic rings. The van der Waals surface area contributed by atoms with Crippen molar-refractivity contribution in [1.29, 1.82) is 0 Å². The minimum atomic E-state index is -0.317. The van der Waals surface area contributed by atoms with Crippen molar-refractivity contribution in [3.8, 4) is 0 Å². The lowest BCUT2D eigenvalue weighted by molar-refractivity contribution is -0.146. The molecule has 1 amide bonds. The molecule has 0 saturated carbocycles. The van der Waals surface area contributed by atoms with Crippen LogP contribution in [0.5, 0.6) is 0 Å². The van der Waals surface area contributed by atoms with Gasteiger partial charge in [-0.25, -0.2) is 4.39 Å². The minimum absolute atomic E-state index is 0.118. The van der Waals surface area contributed by atoms with E-state index in [1.807, 2.05) is 17.0 Å². The number of rotatable bonds is 3. The maximum atomic E-state index is 12.9. The third-order valence-corrected chi connectivity index (χ3v) is 4.57. The van der Waals surface area contributed by atoms with Crippen LogP contribution in [0.15, 0.2) is 24.3 Å². The number of hydrogen-bond acceptors (Lipinski definition) is 3. The van der Waals surface area contributed by atoms with Crippen molar-refractivity contribution < 1.29 is 13.9 Å². The van der Waals surface area contributed by atoms with Crippen LogP contribution in [0.25, 0.3) is 0 Å². The molecule has 0 aromatic heterocycles. The van der Waals surface area contributed by atoms with E-state index >= 15 is 0 Å². The molecule has 0 radical (unpaired) electrons. The zero-order valence-corrected chi connectivity index (χ0v) is 12.8. The number of hydrogen-bond donors (Lipinski definition) is 1. The Morgan fingerprint density at radius 1 is 1.27 bits per heavy atom. The molecule has 2 saturated heterocycles. The van der Waals surface area contributed by atoms with Crippen LogP contribution in [0.1, 0.15) is 18.4 Å². The Hall–Kier alpha value is -1.46. The smallest absolute Gasteiger partial charge is 0.253 e. The van der Waals surface area contributed by atoms with Crippen molar-refractivity contribution in [2.24, 2.45) is 5.92 Å². The molecule has 1 N–H and O–H groups in total. The van der Waals surface area contributed by atoms with E-state index in [9.17, 15) is 9.18 Å². The van der Waals surface area contributed by atoms with Gasteiger partial charge in [0.05, 0.1) is 6.61 Å². The second-order valence-corrected chi connectivity index (χ2v) is 6.16. The summed E-state index contributed by atoms with van der Waals surface area (Å²) in [6, 6.07) is 6.74. The first-order valence-electron chi connectivity index (χ1n) is 8.08. The second-order valence-electron chi connectivity index (χ2n) is 6.16. The van der Waals surface area contributed by atoms with Gasteiger partial charge in [0.25, 0.3) is 5.91 Å². The van der Waals surface area contributed by atoms with Crippen molar-refractivity contribution in [2.45, 2.75) is 25.4 Å². The van der Waals surface area contributed by atoms with Gasteiger partial charge < -0.3 is 15.0 Å². The second kappa shape index (κ2) is 7.20. The van der Waals surface area contributed by atoms with Crippen LogP contribution in [-0.2, 0) is 16.0 Å². The van der Waals surface area contributed by atoms with Crippen molar-refractivity contribution in [3.05, 3.63) is 35.6 Å². The third kappa shape index (κ3) is 3.84. The number of nitrogens with one attached hydrogen (secondary N) is 1. The normalized spacial score (nSPS) is 23.5. The Morgan fingerprint density at radius 3 is 2.64 bits per heavy atom. The fourth-order valence-electron chi connectivity index (χ4n) is 3.24. The van der Waals surface area contributed by atoms with E-state index in [-0.39, 0.29) is 17.8 Å². The molecule has 5 heteroatoms. The summed E-state index contributed by atoms with van der Waals surface area (Å²) >= 11 is 0. The number of likely N-dealkylation sites (tertiary alicyclic amines) is 1. The molecule has 1 unspecified atom stereocenters. The predicted octanol–water partition coefficient (Wildman–Crippen LogP) is 1.60. The Bertz CT molecular complexity index is 492. The fraction of sp³-hybridized carbons (Fsp3) is 0.588. The van der Waals surface area contributed by atoms with Crippen LogP contribution in [0.2, 0.25) is 0 Å². The fourth-order valence-corrected chi connectivity index (χ4v) is 3.24. The van der Waals surface area contributed by atoms with E-state index in [2.05, 4.69) is 5.32 Å². The minimum Gasteiger partial charge on any atom is -0.366 e. The van der Waals surface area contributed by atoms with E-state index in [0.717, 1.165) is 38.9 Å². The number of piperidine rings is 1. The number of carbonyl (C=O) groups is 1. The van der Waals surface area contributed by atoms with Gasteiger partial charge in [-0.1, -0.05) is 12.1 Å². The molecule has 0 aliphatic carbocycles. The number of ether oxygens (including phenoxy) is 1. The topological polar surface area (TPSA) is 41.6 Å². The van der Waals surface area contributed by atoms with Crippen molar-refractivity contribution in [3.63, 3.8) is 0 Å². The van der Waals surface area contributed by atoms with Crippen LogP contribution in [0.4, 0.5) is 4.39 Å². The molecule has 0 bridgehead atoms. The van der Waals surface area contributed by atoms with Gasteiger partial charge >= 0.3 is 0 Å². The van der Waals surface area contributed by atoms with Crippen LogP contribution in [-0.4, -0.2) is 49.7 Å². The van der Waals surface area contributed by atoms with E-state index in [0.29, 0.717) is 19.1 Å². The molecule has 2 aliphatic heterocycles. The first-order chi connectivity index (χ1) is 10.7. The molecule has 120 valence electrons. The van der Waals surface area contributed by atoms with Gasteiger partial charge in [0.2, 0.25) is 0 Å². The molecule has 2 fully saturated rings. The van der Waals surface area contributed by atoms with Crippen LogP contribution < -0.4 is 5.32 Å². The monoisotopic (exact) mass is 306 g/mol. The van der Waals surface area contributed by atoms with Gasteiger partial charge in [0.1, 0.15) is 11.9 Å². The summed E-state index contributed by atoms with van der Waals surface area (Å²) in [4.78, 5) is 14.3. The van der Waals surface area contributed by atoms with Gasteiger partial charge in [-0.05, 0) is 42.9 Å². The maximum Gasteiger partial charge on any atom is 0.253 e. The molecule has 3 rings (SSSR count). The van der Waals surface area contributed by atoms with Gasteiger partial charge in [0, 0.05) is 26.2 Å². The SMILES string of the molecule is O=C(C1CNCCO1)N1CCC(Cc2ccc(F)cc2)CC1. The van der Waals surface area contributed by atoms with E-state index in [4.69, 9.17) is 4.74 Å². The highest BCUT2D eigenvalue weighted by Gasteiger charge is 2.29. The number of amides is 1. The summed E-state index contributed by atoms with van der Waals surface area (Å²) in [5.41, 5.74) is 1.17. The molecule has 1 atom stereocenters.